The molecule has 0 spiro atoms. The second kappa shape index (κ2) is 4.79. The van der Waals surface area contributed by atoms with E-state index in [0.29, 0.717) is 12.5 Å². The molecule has 2 heterocycles. The Morgan fingerprint density at radius 2 is 2.24 bits per heavy atom. The van der Waals surface area contributed by atoms with Gasteiger partial charge in [-0.05, 0) is 48.9 Å². The van der Waals surface area contributed by atoms with Gasteiger partial charge in [0.25, 0.3) is 0 Å². The molecule has 2 aliphatic rings. The van der Waals surface area contributed by atoms with Gasteiger partial charge in [0.15, 0.2) is 0 Å². The Morgan fingerprint density at radius 1 is 1.38 bits per heavy atom. The summed E-state index contributed by atoms with van der Waals surface area (Å²) < 4.78 is 5.28. The van der Waals surface area contributed by atoms with Crippen LogP contribution in [0.25, 0.3) is 10.9 Å². The van der Waals surface area contributed by atoms with Crippen molar-refractivity contribution in [1.82, 2.24) is 9.88 Å². The predicted octanol–water partition coefficient (Wildman–Crippen LogP) is 2.73. The largest absolute Gasteiger partial charge is 0.497 e. The molecule has 1 saturated carbocycles. The number of methoxy groups -OCH3 is 1. The first-order chi connectivity index (χ1) is 10.3. The number of likely N-dealkylation sites (tertiary alicyclic amines) is 1. The summed E-state index contributed by atoms with van der Waals surface area (Å²) in [6.45, 7) is 0.936. The Kier molecular flexibility index (Phi) is 2.91. The molecule has 0 bridgehead atoms. The highest BCUT2D eigenvalue weighted by molar-refractivity contribution is 5.90. The number of ether oxygens (including phenoxy) is 1. The maximum atomic E-state index is 12.5. The summed E-state index contributed by atoms with van der Waals surface area (Å²) in [6.07, 6.45) is 6.24. The number of carbonyl (C=O) groups is 1. The Morgan fingerprint density at radius 3 is 2.90 bits per heavy atom. The molecule has 1 aliphatic carbocycles. The van der Waals surface area contributed by atoms with Crippen LogP contribution in [0, 0.1) is 5.92 Å². The number of hydrogen-bond acceptors (Lipinski definition) is 2. The van der Waals surface area contributed by atoms with Crippen molar-refractivity contribution in [3.63, 3.8) is 0 Å². The molecule has 2 aromatic rings. The topological polar surface area (TPSA) is 45.3 Å². The molecule has 21 heavy (non-hydrogen) atoms. The van der Waals surface area contributed by atoms with E-state index in [1.807, 2.05) is 24.4 Å². The van der Waals surface area contributed by atoms with Crippen molar-refractivity contribution in [2.75, 3.05) is 13.7 Å². The number of amides is 1. The summed E-state index contributed by atoms with van der Waals surface area (Å²) in [5.74, 6) is 1.88. The van der Waals surface area contributed by atoms with E-state index in [2.05, 4.69) is 9.88 Å². The Bertz CT molecular complexity index is 687. The smallest absolute Gasteiger partial charge is 0.227 e. The molecule has 4 rings (SSSR count). The van der Waals surface area contributed by atoms with E-state index in [-0.39, 0.29) is 5.91 Å². The van der Waals surface area contributed by atoms with Crippen molar-refractivity contribution in [2.24, 2.45) is 5.92 Å². The first-order valence-electron chi connectivity index (χ1n) is 7.70. The summed E-state index contributed by atoms with van der Waals surface area (Å²) in [6, 6.07) is 6.46. The molecule has 110 valence electrons. The van der Waals surface area contributed by atoms with Crippen LogP contribution in [0.3, 0.4) is 0 Å². The average molecular weight is 284 g/mol. The zero-order chi connectivity index (χ0) is 14.4. The minimum absolute atomic E-state index is 0.266. The molecule has 1 amide bonds. The van der Waals surface area contributed by atoms with Crippen LogP contribution in [0.4, 0.5) is 0 Å². The van der Waals surface area contributed by atoms with E-state index >= 15 is 0 Å². The third kappa shape index (κ3) is 2.19. The Balaban J connectivity index is 1.54. The molecule has 1 atom stereocenters. The zero-order valence-corrected chi connectivity index (χ0v) is 12.3. The molecule has 1 aromatic carbocycles. The van der Waals surface area contributed by atoms with Crippen molar-refractivity contribution in [2.45, 2.75) is 31.7 Å². The average Bonchev–Trinajstić information content (AvgIpc) is 3.19. The van der Waals surface area contributed by atoms with Gasteiger partial charge in [-0.25, -0.2) is 0 Å². The number of nitrogens with zero attached hydrogens (tertiary/aromatic N) is 1. The van der Waals surface area contributed by atoms with Crippen LogP contribution in [0.2, 0.25) is 0 Å². The molecule has 4 nitrogen and oxygen atoms in total. The molecule has 4 heteroatoms. The molecule has 1 saturated heterocycles. The standard InChI is InChI=1S/C17H20N2O2/c1-21-13-4-5-15-14(9-13)12(10-18-15)8-17(20)19-7-6-16(19)11-2-3-11/h4-5,9-11,16,18H,2-3,6-8H2,1H3. The number of fused-ring (bicyclic) bond motifs is 1. The highest BCUT2D eigenvalue weighted by Crippen LogP contribution is 2.41. The number of H-pyrrole nitrogens is 1. The first kappa shape index (κ1) is 12.7. The van der Waals surface area contributed by atoms with Crippen LogP contribution in [0.15, 0.2) is 24.4 Å². The van der Waals surface area contributed by atoms with E-state index in [0.717, 1.165) is 34.7 Å². The number of rotatable bonds is 4. The highest BCUT2D eigenvalue weighted by atomic mass is 16.5. The van der Waals surface area contributed by atoms with Crippen molar-refractivity contribution < 1.29 is 9.53 Å². The molecule has 1 aromatic heterocycles. The molecule has 0 radical (unpaired) electrons. The minimum Gasteiger partial charge on any atom is -0.497 e. The third-order valence-electron chi connectivity index (χ3n) is 4.87. The molecule has 1 aliphatic heterocycles. The van der Waals surface area contributed by atoms with Gasteiger partial charge in [-0.1, -0.05) is 0 Å². The molecule has 1 N–H and O–H groups in total. The maximum Gasteiger partial charge on any atom is 0.227 e. The number of hydrogen-bond donors (Lipinski definition) is 1. The molecular weight excluding hydrogens is 264 g/mol. The van der Waals surface area contributed by atoms with E-state index in [9.17, 15) is 4.79 Å². The first-order valence-corrected chi connectivity index (χ1v) is 7.70. The molecular formula is C17H20N2O2. The fraction of sp³-hybridized carbons (Fsp3) is 0.471. The lowest BCUT2D eigenvalue weighted by Crippen LogP contribution is -2.52. The second-order valence-corrected chi connectivity index (χ2v) is 6.18. The lowest BCUT2D eigenvalue weighted by molar-refractivity contribution is -0.138. The monoisotopic (exact) mass is 284 g/mol. The van der Waals surface area contributed by atoms with Gasteiger partial charge in [-0.15, -0.1) is 0 Å². The van der Waals surface area contributed by atoms with Gasteiger partial charge in [0.05, 0.1) is 13.5 Å². The molecule has 2 fully saturated rings. The normalized spacial score (nSPS) is 21.4. The van der Waals surface area contributed by atoms with Crippen LogP contribution in [0.5, 0.6) is 5.75 Å². The van der Waals surface area contributed by atoms with Gasteiger partial charge < -0.3 is 14.6 Å². The number of carbonyl (C=O) groups excluding carboxylic acids is 1. The summed E-state index contributed by atoms with van der Waals surface area (Å²) in [7, 11) is 1.67. The van der Waals surface area contributed by atoms with E-state index < -0.39 is 0 Å². The van der Waals surface area contributed by atoms with Gasteiger partial charge >= 0.3 is 0 Å². The van der Waals surface area contributed by atoms with E-state index in [1.54, 1.807) is 7.11 Å². The fourth-order valence-corrected chi connectivity index (χ4v) is 3.38. The van der Waals surface area contributed by atoms with Crippen molar-refractivity contribution >= 4 is 16.8 Å². The number of nitrogens with one attached hydrogen (secondary N) is 1. The van der Waals surface area contributed by atoms with Crippen LogP contribution in [0.1, 0.15) is 24.8 Å². The van der Waals surface area contributed by atoms with Crippen molar-refractivity contribution in [1.29, 1.82) is 0 Å². The van der Waals surface area contributed by atoms with Gasteiger partial charge in [0.2, 0.25) is 5.91 Å². The minimum atomic E-state index is 0.266. The number of aromatic amines is 1. The Labute approximate surface area is 124 Å². The third-order valence-corrected chi connectivity index (χ3v) is 4.87. The predicted molar refractivity (Wildman–Crippen MR) is 81.4 cm³/mol. The zero-order valence-electron chi connectivity index (χ0n) is 12.3. The quantitative estimate of drug-likeness (QED) is 0.938. The van der Waals surface area contributed by atoms with Crippen molar-refractivity contribution in [3.05, 3.63) is 30.0 Å². The van der Waals surface area contributed by atoms with Crippen molar-refractivity contribution in [3.8, 4) is 5.75 Å². The van der Waals surface area contributed by atoms with E-state index in [4.69, 9.17) is 4.74 Å². The van der Waals surface area contributed by atoms with Crippen LogP contribution in [-0.2, 0) is 11.2 Å². The number of aromatic nitrogens is 1. The fourth-order valence-electron chi connectivity index (χ4n) is 3.38. The summed E-state index contributed by atoms with van der Waals surface area (Å²) in [5, 5.41) is 1.09. The van der Waals surface area contributed by atoms with E-state index in [1.165, 1.54) is 19.3 Å². The summed E-state index contributed by atoms with van der Waals surface area (Å²) in [4.78, 5) is 17.8. The van der Waals surface area contributed by atoms with Gasteiger partial charge in [0.1, 0.15) is 5.75 Å². The lowest BCUT2D eigenvalue weighted by Gasteiger charge is -2.41. The SMILES string of the molecule is COc1ccc2[nH]cc(CC(=O)N3CCC3C3CC3)c2c1. The molecule has 1 unspecified atom stereocenters. The number of benzene rings is 1. The highest BCUT2D eigenvalue weighted by Gasteiger charge is 2.42. The maximum absolute atomic E-state index is 12.5. The summed E-state index contributed by atoms with van der Waals surface area (Å²) >= 11 is 0. The van der Waals surface area contributed by atoms with Gasteiger partial charge in [-0.2, -0.15) is 0 Å². The van der Waals surface area contributed by atoms with Gasteiger partial charge in [-0.3, -0.25) is 4.79 Å². The Hall–Kier alpha value is -1.97. The lowest BCUT2D eigenvalue weighted by atomic mass is 9.96. The van der Waals surface area contributed by atoms with Crippen LogP contribution >= 0.6 is 0 Å². The van der Waals surface area contributed by atoms with Crippen LogP contribution in [-0.4, -0.2) is 35.5 Å². The van der Waals surface area contributed by atoms with Gasteiger partial charge in [0, 0.05) is 29.7 Å². The summed E-state index contributed by atoms with van der Waals surface area (Å²) in [5.41, 5.74) is 2.12. The van der Waals surface area contributed by atoms with Crippen LogP contribution < -0.4 is 4.74 Å². The second-order valence-electron chi connectivity index (χ2n) is 6.18.